The fourth-order valence-electron chi connectivity index (χ4n) is 4.56. The van der Waals surface area contributed by atoms with Gasteiger partial charge in [0.05, 0.1) is 12.3 Å². The molecule has 0 atom stereocenters. The molecule has 0 unspecified atom stereocenters. The number of carbonyl (C=O) groups is 2. The minimum Gasteiger partial charge on any atom is -0.494 e. The Labute approximate surface area is 246 Å². The molecular weight excluding hydrogens is 528 g/mol. The van der Waals surface area contributed by atoms with Crippen LogP contribution in [-0.4, -0.2) is 31.6 Å². The van der Waals surface area contributed by atoms with E-state index in [0.29, 0.717) is 36.9 Å². The van der Waals surface area contributed by atoms with Gasteiger partial charge in [0.15, 0.2) is 6.61 Å². The van der Waals surface area contributed by atoms with Gasteiger partial charge in [-0.15, -0.1) is 0 Å². The quantitative estimate of drug-likeness (QED) is 0.152. The van der Waals surface area contributed by atoms with Crippen molar-refractivity contribution in [3.05, 3.63) is 120 Å². The number of nitrogens with zero attached hydrogens (tertiary/aromatic N) is 1. The van der Waals surface area contributed by atoms with Crippen molar-refractivity contribution >= 4 is 29.3 Å². The lowest BCUT2D eigenvalue weighted by atomic mass is 10.1. The predicted molar refractivity (Wildman–Crippen MR) is 165 cm³/mol. The van der Waals surface area contributed by atoms with Crippen LogP contribution in [0.15, 0.2) is 103 Å². The average molecular weight is 563 g/mol. The van der Waals surface area contributed by atoms with Gasteiger partial charge in [-0.05, 0) is 85.0 Å². The van der Waals surface area contributed by atoms with E-state index in [-0.39, 0.29) is 18.4 Å². The van der Waals surface area contributed by atoms with Crippen molar-refractivity contribution in [1.29, 1.82) is 0 Å². The molecule has 5 rings (SSSR count). The van der Waals surface area contributed by atoms with Crippen molar-refractivity contribution < 1.29 is 23.8 Å². The summed E-state index contributed by atoms with van der Waals surface area (Å²) in [6, 6.07) is 30.8. The molecular formula is C35H34N2O5. The Kier molecular flexibility index (Phi) is 9.52. The second-order valence-corrected chi connectivity index (χ2v) is 10.1. The zero-order valence-electron chi connectivity index (χ0n) is 23.6. The summed E-state index contributed by atoms with van der Waals surface area (Å²) in [5, 5.41) is 2.88. The van der Waals surface area contributed by atoms with E-state index < -0.39 is 0 Å². The lowest BCUT2D eigenvalue weighted by molar-refractivity contribution is -0.121. The fraction of sp³-hybridized carbons (Fsp3) is 0.200. The van der Waals surface area contributed by atoms with Crippen LogP contribution in [-0.2, 0) is 16.2 Å². The van der Waals surface area contributed by atoms with Gasteiger partial charge in [0.1, 0.15) is 23.9 Å². The van der Waals surface area contributed by atoms with Crippen LogP contribution in [0.1, 0.15) is 29.5 Å². The first-order valence-corrected chi connectivity index (χ1v) is 14.1. The number of fused-ring (bicyclic) bond motifs is 1. The summed E-state index contributed by atoms with van der Waals surface area (Å²) in [4.78, 5) is 27.1. The van der Waals surface area contributed by atoms with E-state index in [0.717, 1.165) is 41.0 Å². The van der Waals surface area contributed by atoms with Crippen LogP contribution in [0.5, 0.6) is 17.2 Å². The third-order valence-electron chi connectivity index (χ3n) is 6.76. The van der Waals surface area contributed by atoms with Crippen molar-refractivity contribution in [3.8, 4) is 17.2 Å². The number of aryl methyl sites for hydroxylation is 1. The molecule has 1 heterocycles. The zero-order chi connectivity index (χ0) is 29.1. The third-order valence-corrected chi connectivity index (χ3v) is 6.76. The monoisotopic (exact) mass is 562 g/mol. The Morgan fingerprint density at radius 2 is 1.74 bits per heavy atom. The maximum absolute atomic E-state index is 12.7. The van der Waals surface area contributed by atoms with Crippen LogP contribution in [0.2, 0.25) is 0 Å². The molecule has 0 spiro atoms. The number of carbonyl (C=O) groups excluding carboxylic acids is 2. The van der Waals surface area contributed by atoms with Crippen LogP contribution in [0, 0.1) is 6.92 Å². The van der Waals surface area contributed by atoms with Gasteiger partial charge in [-0.2, -0.15) is 0 Å². The lowest BCUT2D eigenvalue weighted by Crippen LogP contribution is -2.39. The number of ether oxygens (including phenoxy) is 3. The Bertz CT molecular complexity index is 1530. The number of hydrogen-bond acceptors (Lipinski definition) is 5. The van der Waals surface area contributed by atoms with E-state index in [4.69, 9.17) is 14.2 Å². The largest absolute Gasteiger partial charge is 0.494 e. The third kappa shape index (κ3) is 8.01. The van der Waals surface area contributed by atoms with E-state index in [9.17, 15) is 9.59 Å². The van der Waals surface area contributed by atoms with Crippen LogP contribution >= 0.6 is 0 Å². The number of nitrogens with one attached hydrogen (secondary N) is 1. The number of amides is 2. The summed E-state index contributed by atoms with van der Waals surface area (Å²) in [7, 11) is 0. The van der Waals surface area contributed by atoms with Crippen molar-refractivity contribution in [2.24, 2.45) is 0 Å². The highest BCUT2D eigenvalue weighted by molar-refractivity contribution is 6.03. The van der Waals surface area contributed by atoms with E-state index in [2.05, 4.69) is 5.32 Å². The molecule has 7 heteroatoms. The number of hydrogen-bond donors (Lipinski definition) is 1. The minimum atomic E-state index is -0.276. The Hall–Kier alpha value is -5.04. The minimum absolute atomic E-state index is 0.00266. The Morgan fingerprint density at radius 1 is 0.905 bits per heavy atom. The Balaban J connectivity index is 1.12. The molecule has 0 bridgehead atoms. The van der Waals surface area contributed by atoms with Gasteiger partial charge < -0.3 is 24.4 Å². The number of rotatable bonds is 12. The summed E-state index contributed by atoms with van der Waals surface area (Å²) in [5.41, 5.74) is 4.36. The molecule has 1 aliphatic heterocycles. The van der Waals surface area contributed by atoms with E-state index in [1.165, 1.54) is 6.08 Å². The molecule has 214 valence electrons. The van der Waals surface area contributed by atoms with Crippen LogP contribution in [0.3, 0.4) is 0 Å². The first kappa shape index (κ1) is 28.5. The van der Waals surface area contributed by atoms with Crippen LogP contribution < -0.4 is 24.4 Å². The van der Waals surface area contributed by atoms with Gasteiger partial charge in [-0.3, -0.25) is 9.59 Å². The van der Waals surface area contributed by atoms with Gasteiger partial charge in [-0.1, -0.05) is 54.6 Å². The van der Waals surface area contributed by atoms with Gasteiger partial charge in [0, 0.05) is 18.3 Å². The molecule has 0 radical (unpaired) electrons. The highest BCUT2D eigenvalue weighted by Gasteiger charge is 2.25. The molecule has 4 aromatic rings. The molecule has 0 aromatic heterocycles. The standard InChI is InChI=1S/C35H34N2O5/c1-26-8-7-11-31(22-26)40-21-6-5-20-37-32-23-29(15-18-33(32)42-25-35(37)39)36-34(38)19-14-27-12-16-30(17-13-27)41-24-28-9-3-2-4-10-28/h2-4,7-19,22-23H,5-6,20-21,24-25H2,1H3,(H,36,38)/b19-14+. The van der Waals surface area contributed by atoms with Crippen molar-refractivity contribution in [1.82, 2.24) is 0 Å². The second kappa shape index (κ2) is 14.0. The number of anilines is 2. The SMILES string of the molecule is Cc1cccc(OCCCCN2C(=O)COc3ccc(NC(=O)/C=C/c4ccc(OCc5ccccc5)cc4)cc32)c1. The molecule has 0 aliphatic carbocycles. The molecule has 1 N–H and O–H groups in total. The molecule has 0 fully saturated rings. The maximum Gasteiger partial charge on any atom is 0.265 e. The second-order valence-electron chi connectivity index (χ2n) is 10.1. The average Bonchev–Trinajstić information content (AvgIpc) is 3.01. The molecule has 4 aromatic carbocycles. The zero-order valence-corrected chi connectivity index (χ0v) is 23.6. The lowest BCUT2D eigenvalue weighted by Gasteiger charge is -2.30. The van der Waals surface area contributed by atoms with Gasteiger partial charge >= 0.3 is 0 Å². The summed E-state index contributed by atoms with van der Waals surface area (Å²) in [5.74, 6) is 1.84. The van der Waals surface area contributed by atoms with Gasteiger partial charge in [0.25, 0.3) is 5.91 Å². The van der Waals surface area contributed by atoms with E-state index >= 15 is 0 Å². The first-order valence-electron chi connectivity index (χ1n) is 14.1. The van der Waals surface area contributed by atoms with Crippen molar-refractivity contribution in [2.75, 3.05) is 30.0 Å². The van der Waals surface area contributed by atoms with Crippen LogP contribution in [0.25, 0.3) is 6.08 Å². The molecule has 2 amide bonds. The number of benzene rings is 4. The summed E-state index contributed by atoms with van der Waals surface area (Å²) in [6.45, 7) is 3.63. The van der Waals surface area contributed by atoms with Crippen LogP contribution in [0.4, 0.5) is 11.4 Å². The van der Waals surface area contributed by atoms with Crippen molar-refractivity contribution in [2.45, 2.75) is 26.4 Å². The molecule has 0 saturated carbocycles. The van der Waals surface area contributed by atoms with Gasteiger partial charge in [0.2, 0.25) is 5.91 Å². The van der Waals surface area contributed by atoms with Crippen molar-refractivity contribution in [3.63, 3.8) is 0 Å². The predicted octanol–water partition coefficient (Wildman–Crippen LogP) is 6.81. The summed E-state index contributed by atoms with van der Waals surface area (Å²) in [6.07, 6.45) is 4.79. The molecule has 7 nitrogen and oxygen atoms in total. The van der Waals surface area contributed by atoms with E-state index in [1.54, 1.807) is 29.2 Å². The van der Waals surface area contributed by atoms with E-state index in [1.807, 2.05) is 85.8 Å². The highest BCUT2D eigenvalue weighted by atomic mass is 16.5. The maximum atomic E-state index is 12.7. The number of unbranched alkanes of at least 4 members (excludes halogenated alkanes) is 1. The highest BCUT2D eigenvalue weighted by Crippen LogP contribution is 2.35. The normalized spacial score (nSPS) is 12.5. The topological polar surface area (TPSA) is 77.1 Å². The first-order chi connectivity index (χ1) is 20.5. The molecule has 1 aliphatic rings. The Morgan fingerprint density at radius 3 is 2.55 bits per heavy atom. The fourth-order valence-corrected chi connectivity index (χ4v) is 4.56. The van der Waals surface area contributed by atoms with Gasteiger partial charge in [-0.25, -0.2) is 0 Å². The summed E-state index contributed by atoms with van der Waals surface area (Å²) >= 11 is 0. The molecule has 0 saturated heterocycles. The smallest absolute Gasteiger partial charge is 0.265 e. The molecule has 42 heavy (non-hydrogen) atoms. The summed E-state index contributed by atoms with van der Waals surface area (Å²) < 4.78 is 17.3.